The number of ether oxygens (including phenoxy) is 1. The molecule has 1 saturated heterocycles. The first-order valence-corrected chi connectivity index (χ1v) is 16.9. The molecular formula is C33H40N6O4S. The van der Waals surface area contributed by atoms with Crippen molar-refractivity contribution in [2.75, 3.05) is 36.8 Å². The van der Waals surface area contributed by atoms with Gasteiger partial charge in [0, 0.05) is 49.4 Å². The van der Waals surface area contributed by atoms with Crippen molar-refractivity contribution < 1.29 is 13.2 Å². The highest BCUT2D eigenvalue weighted by atomic mass is 32.2. The Labute approximate surface area is 258 Å². The van der Waals surface area contributed by atoms with E-state index in [0.29, 0.717) is 16.6 Å². The molecule has 1 N–H and O–H groups in total. The maximum absolute atomic E-state index is 14.2. The summed E-state index contributed by atoms with van der Waals surface area (Å²) in [5.41, 5.74) is 2.78. The maximum Gasteiger partial charge on any atom is 0.257 e. The van der Waals surface area contributed by atoms with Crippen LogP contribution in [-0.4, -0.2) is 61.1 Å². The predicted molar refractivity (Wildman–Crippen MR) is 174 cm³/mol. The molecule has 10 nitrogen and oxygen atoms in total. The van der Waals surface area contributed by atoms with Crippen LogP contribution in [0, 0.1) is 0 Å². The smallest absolute Gasteiger partial charge is 0.257 e. The molecule has 6 rings (SSSR count). The van der Waals surface area contributed by atoms with Crippen molar-refractivity contribution in [3.63, 3.8) is 0 Å². The number of likely N-dealkylation sites (tertiary alicyclic amines) is 1. The number of fused-ring (bicyclic) bond motifs is 2. The van der Waals surface area contributed by atoms with Gasteiger partial charge in [0.1, 0.15) is 17.5 Å². The van der Waals surface area contributed by atoms with Crippen LogP contribution in [0.3, 0.4) is 0 Å². The van der Waals surface area contributed by atoms with Crippen LogP contribution < -0.4 is 19.9 Å². The Hall–Kier alpha value is -3.96. The molecular weight excluding hydrogens is 576 g/mol. The molecule has 2 aliphatic rings. The minimum Gasteiger partial charge on any atom is -0.490 e. The van der Waals surface area contributed by atoms with E-state index in [1.165, 1.54) is 8.87 Å². The van der Waals surface area contributed by atoms with Crippen LogP contribution in [0.5, 0.6) is 5.75 Å². The summed E-state index contributed by atoms with van der Waals surface area (Å²) < 4.78 is 36.8. The average molecular weight is 617 g/mol. The van der Waals surface area contributed by atoms with Gasteiger partial charge in [0.05, 0.1) is 5.69 Å². The molecule has 1 atom stereocenters. The SMILES string of the molecule is CCC(CC)c1cc2cnc(Nc3ccc(OC4CCN(C)CC4)cc3)nc2n(C2Cc3ccccc3N(C)S2(=O)=O)c1=O. The van der Waals surface area contributed by atoms with Crippen LogP contribution in [-0.2, 0) is 16.4 Å². The highest BCUT2D eigenvalue weighted by Gasteiger charge is 2.39. The lowest BCUT2D eigenvalue weighted by molar-refractivity contribution is 0.114. The molecule has 0 bridgehead atoms. The Morgan fingerprint density at radius 2 is 1.73 bits per heavy atom. The van der Waals surface area contributed by atoms with E-state index in [1.54, 1.807) is 19.3 Å². The number of pyridine rings is 1. The molecule has 1 unspecified atom stereocenters. The Bertz CT molecular complexity index is 1810. The third-order valence-electron chi connectivity index (χ3n) is 9.04. The second-order valence-electron chi connectivity index (χ2n) is 11.8. The third kappa shape index (κ3) is 5.66. The van der Waals surface area contributed by atoms with Gasteiger partial charge in [-0.15, -0.1) is 0 Å². The summed E-state index contributed by atoms with van der Waals surface area (Å²) in [6.45, 7) is 6.13. The van der Waals surface area contributed by atoms with Gasteiger partial charge in [-0.1, -0.05) is 32.0 Å². The molecule has 0 aliphatic carbocycles. The summed E-state index contributed by atoms with van der Waals surface area (Å²) >= 11 is 0. The molecule has 2 aromatic carbocycles. The Kier molecular flexibility index (Phi) is 8.34. The van der Waals surface area contributed by atoms with E-state index in [1.807, 2.05) is 62.4 Å². The average Bonchev–Trinajstić information content (AvgIpc) is 3.02. The van der Waals surface area contributed by atoms with Crippen molar-refractivity contribution >= 4 is 38.4 Å². The zero-order chi connectivity index (χ0) is 31.0. The van der Waals surface area contributed by atoms with Crippen LogP contribution in [0.25, 0.3) is 11.0 Å². The van der Waals surface area contributed by atoms with E-state index in [2.05, 4.69) is 22.2 Å². The molecule has 11 heteroatoms. The summed E-state index contributed by atoms with van der Waals surface area (Å²) in [6.07, 6.45) is 5.55. The summed E-state index contributed by atoms with van der Waals surface area (Å²) in [4.78, 5) is 25.8. The normalized spacial score (nSPS) is 18.8. The molecule has 44 heavy (non-hydrogen) atoms. The van der Waals surface area contributed by atoms with Gasteiger partial charge in [-0.3, -0.25) is 13.7 Å². The molecule has 0 saturated carbocycles. The number of anilines is 3. The van der Waals surface area contributed by atoms with E-state index in [9.17, 15) is 13.2 Å². The first-order chi connectivity index (χ1) is 21.2. The summed E-state index contributed by atoms with van der Waals surface area (Å²) in [5.74, 6) is 1.06. The van der Waals surface area contributed by atoms with Crippen molar-refractivity contribution in [1.82, 2.24) is 19.4 Å². The number of sulfonamides is 1. The van der Waals surface area contributed by atoms with Crippen molar-refractivity contribution in [1.29, 1.82) is 0 Å². The van der Waals surface area contributed by atoms with Crippen molar-refractivity contribution in [3.8, 4) is 5.75 Å². The van der Waals surface area contributed by atoms with E-state index in [4.69, 9.17) is 9.72 Å². The van der Waals surface area contributed by atoms with Gasteiger partial charge in [0.25, 0.3) is 15.6 Å². The number of nitrogens with one attached hydrogen (secondary N) is 1. The van der Waals surface area contributed by atoms with Crippen LogP contribution >= 0.6 is 0 Å². The van der Waals surface area contributed by atoms with Crippen molar-refractivity contribution in [3.05, 3.63) is 82.3 Å². The topological polar surface area (TPSA) is 110 Å². The highest BCUT2D eigenvalue weighted by Crippen LogP contribution is 2.38. The number of benzene rings is 2. The van der Waals surface area contributed by atoms with Crippen LogP contribution in [0.2, 0.25) is 0 Å². The Morgan fingerprint density at radius 3 is 2.43 bits per heavy atom. The molecule has 0 radical (unpaired) electrons. The van der Waals surface area contributed by atoms with Gasteiger partial charge >= 0.3 is 0 Å². The Balaban J connectivity index is 1.38. The summed E-state index contributed by atoms with van der Waals surface area (Å²) in [5, 5.41) is 2.70. The first kappa shape index (κ1) is 30.1. The molecule has 4 aromatic rings. The number of para-hydroxylation sites is 1. The van der Waals surface area contributed by atoms with E-state index < -0.39 is 15.4 Å². The second kappa shape index (κ2) is 12.2. The van der Waals surface area contributed by atoms with Gasteiger partial charge in [0.2, 0.25) is 5.95 Å². The number of rotatable bonds is 8. The second-order valence-corrected chi connectivity index (χ2v) is 14.0. The fraction of sp³-hybridized carbons (Fsp3) is 0.424. The van der Waals surface area contributed by atoms with Gasteiger partial charge in [-0.2, -0.15) is 4.98 Å². The zero-order valence-electron chi connectivity index (χ0n) is 25.7. The highest BCUT2D eigenvalue weighted by molar-refractivity contribution is 7.92. The monoisotopic (exact) mass is 616 g/mol. The summed E-state index contributed by atoms with van der Waals surface area (Å²) in [7, 11) is -0.262. The Morgan fingerprint density at radius 1 is 1.02 bits per heavy atom. The number of piperidine rings is 1. The molecule has 2 aromatic heterocycles. The fourth-order valence-electron chi connectivity index (χ4n) is 6.36. The number of hydrogen-bond acceptors (Lipinski definition) is 8. The predicted octanol–water partition coefficient (Wildman–Crippen LogP) is 5.43. The standard InChI is InChI=1S/C33H40N6O4S/c1-5-22(6-2)28-19-24-21-34-33(35-25-11-13-26(14-12-25)43-27-15-17-37(3)18-16-27)36-31(24)39(32(28)40)30-20-23-9-7-8-10-29(23)38(4)44(30,41)42/h7-14,19,21-22,27,30H,5-6,15-18,20H2,1-4H3,(H,34,35,36). The molecule has 4 heterocycles. The molecule has 0 amide bonds. The molecule has 0 spiro atoms. The maximum atomic E-state index is 14.2. The number of aromatic nitrogens is 3. The minimum atomic E-state index is -3.93. The first-order valence-electron chi connectivity index (χ1n) is 15.4. The quantitative estimate of drug-likeness (QED) is 0.279. The van der Waals surface area contributed by atoms with Gasteiger partial charge in [0.15, 0.2) is 5.37 Å². The zero-order valence-corrected chi connectivity index (χ0v) is 26.5. The van der Waals surface area contributed by atoms with E-state index >= 15 is 0 Å². The largest absolute Gasteiger partial charge is 0.490 e. The molecule has 232 valence electrons. The molecule has 1 fully saturated rings. The van der Waals surface area contributed by atoms with Crippen molar-refractivity contribution in [2.45, 2.75) is 63.3 Å². The summed E-state index contributed by atoms with van der Waals surface area (Å²) in [6, 6.07) is 16.9. The minimum absolute atomic E-state index is 0.0116. The molecule has 2 aliphatic heterocycles. The lowest BCUT2D eigenvalue weighted by Gasteiger charge is -2.34. The number of hydrogen-bond donors (Lipinski definition) is 1. The fourth-order valence-corrected chi connectivity index (χ4v) is 8.03. The van der Waals surface area contributed by atoms with E-state index in [-0.39, 0.29) is 35.6 Å². The van der Waals surface area contributed by atoms with E-state index in [0.717, 1.165) is 55.8 Å². The third-order valence-corrected chi connectivity index (χ3v) is 11.1. The van der Waals surface area contributed by atoms with Crippen LogP contribution in [0.4, 0.5) is 17.3 Å². The number of nitrogens with zero attached hydrogens (tertiary/aromatic N) is 5. The lowest BCUT2D eigenvalue weighted by atomic mass is 9.94. The van der Waals surface area contributed by atoms with Gasteiger partial charge in [-0.05, 0) is 80.6 Å². The van der Waals surface area contributed by atoms with Gasteiger partial charge in [-0.25, -0.2) is 13.4 Å². The van der Waals surface area contributed by atoms with Crippen LogP contribution in [0.15, 0.2) is 65.6 Å². The van der Waals surface area contributed by atoms with Gasteiger partial charge < -0.3 is 15.0 Å². The lowest BCUT2D eigenvalue weighted by Crippen LogP contribution is -2.43. The van der Waals surface area contributed by atoms with Crippen LogP contribution in [0.1, 0.15) is 61.9 Å². The van der Waals surface area contributed by atoms with Crippen molar-refractivity contribution in [2.24, 2.45) is 0 Å².